The Labute approximate surface area is 146 Å². The molecule has 0 spiro atoms. The molecular formula is C19H22N2O4. The highest BCUT2D eigenvalue weighted by Gasteiger charge is 2.19. The van der Waals surface area contributed by atoms with E-state index in [1.54, 1.807) is 44.6 Å². The summed E-state index contributed by atoms with van der Waals surface area (Å²) in [7, 11) is 3.14. The molecule has 1 unspecified atom stereocenters. The number of imide groups is 1. The summed E-state index contributed by atoms with van der Waals surface area (Å²) in [6.07, 6.45) is 0.140. The minimum absolute atomic E-state index is 0.137. The number of nitrogen functional groups attached to an aromatic ring is 1. The summed E-state index contributed by atoms with van der Waals surface area (Å²) in [5.74, 6) is 0.294. The van der Waals surface area contributed by atoms with Crippen LogP contribution in [-0.2, 0) is 4.79 Å². The van der Waals surface area contributed by atoms with Gasteiger partial charge in [-0.1, -0.05) is 25.1 Å². The summed E-state index contributed by atoms with van der Waals surface area (Å²) in [5, 5.41) is 2.37. The van der Waals surface area contributed by atoms with Crippen LogP contribution in [0.4, 0.5) is 5.69 Å². The normalized spacial score (nSPS) is 11.5. The van der Waals surface area contributed by atoms with E-state index >= 15 is 0 Å². The van der Waals surface area contributed by atoms with Crippen molar-refractivity contribution in [1.29, 1.82) is 0 Å². The molecule has 0 aromatic heterocycles. The van der Waals surface area contributed by atoms with Crippen LogP contribution in [0.2, 0.25) is 0 Å². The van der Waals surface area contributed by atoms with Gasteiger partial charge in [0.2, 0.25) is 5.91 Å². The molecule has 132 valence electrons. The number of anilines is 1. The van der Waals surface area contributed by atoms with Gasteiger partial charge in [0.05, 0.1) is 19.8 Å². The van der Waals surface area contributed by atoms with Crippen LogP contribution in [0.1, 0.15) is 35.2 Å². The number of para-hydroxylation sites is 1. The summed E-state index contributed by atoms with van der Waals surface area (Å²) in [6.45, 7) is 1.89. The molecule has 0 aliphatic carbocycles. The lowest BCUT2D eigenvalue weighted by Gasteiger charge is -2.16. The van der Waals surface area contributed by atoms with Crippen molar-refractivity contribution in [3.63, 3.8) is 0 Å². The average molecular weight is 342 g/mol. The van der Waals surface area contributed by atoms with Crippen LogP contribution in [0.5, 0.6) is 11.5 Å². The molecule has 2 aromatic carbocycles. The third-order valence-electron chi connectivity index (χ3n) is 3.92. The molecule has 0 radical (unpaired) electrons. The van der Waals surface area contributed by atoms with E-state index in [0.29, 0.717) is 17.2 Å². The smallest absolute Gasteiger partial charge is 0.259 e. The average Bonchev–Trinajstić information content (AvgIpc) is 2.61. The number of amides is 2. The predicted octanol–water partition coefficient (Wildman–Crippen LogP) is 2.74. The van der Waals surface area contributed by atoms with E-state index in [1.807, 2.05) is 19.1 Å². The summed E-state index contributed by atoms with van der Waals surface area (Å²) >= 11 is 0. The van der Waals surface area contributed by atoms with Crippen LogP contribution < -0.4 is 20.5 Å². The summed E-state index contributed by atoms with van der Waals surface area (Å²) in [4.78, 5) is 24.4. The van der Waals surface area contributed by atoms with E-state index in [0.717, 1.165) is 5.56 Å². The molecule has 0 heterocycles. The van der Waals surface area contributed by atoms with Crippen LogP contribution >= 0.6 is 0 Å². The van der Waals surface area contributed by atoms with Gasteiger partial charge in [0.25, 0.3) is 5.91 Å². The standard InChI is InChI=1S/C19H22N2O4/c1-12(14-9-8-13(24-2)11-17(14)25-3)10-18(22)21-19(23)15-6-4-5-7-16(15)20/h4-9,11-12H,10,20H2,1-3H3,(H,21,22,23). The molecule has 0 aliphatic heterocycles. The molecule has 0 bridgehead atoms. The Morgan fingerprint density at radius 2 is 1.84 bits per heavy atom. The van der Waals surface area contributed by atoms with E-state index in [4.69, 9.17) is 15.2 Å². The lowest BCUT2D eigenvalue weighted by Crippen LogP contribution is -2.31. The number of benzene rings is 2. The highest BCUT2D eigenvalue weighted by atomic mass is 16.5. The Bertz CT molecular complexity index is 774. The quantitative estimate of drug-likeness (QED) is 0.788. The fourth-order valence-corrected chi connectivity index (χ4v) is 2.56. The Balaban J connectivity index is 2.05. The first kappa shape index (κ1) is 18.3. The van der Waals surface area contributed by atoms with Crippen LogP contribution in [0.15, 0.2) is 42.5 Å². The molecule has 2 amide bonds. The van der Waals surface area contributed by atoms with E-state index in [1.165, 1.54) is 0 Å². The number of ether oxygens (including phenoxy) is 2. The number of rotatable bonds is 6. The topological polar surface area (TPSA) is 90.7 Å². The molecule has 2 rings (SSSR count). The van der Waals surface area contributed by atoms with Gasteiger partial charge in [-0.25, -0.2) is 0 Å². The van der Waals surface area contributed by atoms with Crippen molar-refractivity contribution < 1.29 is 19.1 Å². The molecule has 0 saturated heterocycles. The Morgan fingerprint density at radius 1 is 1.12 bits per heavy atom. The van der Waals surface area contributed by atoms with Crippen molar-refractivity contribution in [3.05, 3.63) is 53.6 Å². The fraction of sp³-hybridized carbons (Fsp3) is 0.263. The molecule has 3 N–H and O–H groups in total. The number of nitrogens with two attached hydrogens (primary N) is 1. The van der Waals surface area contributed by atoms with Crippen molar-refractivity contribution in [2.45, 2.75) is 19.3 Å². The number of hydrogen-bond donors (Lipinski definition) is 2. The summed E-state index contributed by atoms with van der Waals surface area (Å²) in [6, 6.07) is 12.0. The molecule has 0 aliphatic rings. The van der Waals surface area contributed by atoms with E-state index in [2.05, 4.69) is 5.32 Å². The molecule has 0 fully saturated rings. The monoisotopic (exact) mass is 342 g/mol. The van der Waals surface area contributed by atoms with Crippen LogP contribution in [-0.4, -0.2) is 26.0 Å². The second kappa shape index (κ2) is 8.19. The number of methoxy groups -OCH3 is 2. The van der Waals surface area contributed by atoms with Gasteiger partial charge in [0, 0.05) is 18.2 Å². The first-order valence-corrected chi connectivity index (χ1v) is 7.86. The second-order valence-electron chi connectivity index (χ2n) is 5.68. The zero-order valence-electron chi connectivity index (χ0n) is 14.5. The van der Waals surface area contributed by atoms with Gasteiger partial charge in [-0.2, -0.15) is 0 Å². The van der Waals surface area contributed by atoms with E-state index in [-0.39, 0.29) is 23.8 Å². The zero-order chi connectivity index (χ0) is 18.4. The largest absolute Gasteiger partial charge is 0.497 e. The van der Waals surface area contributed by atoms with Gasteiger partial charge in [0.15, 0.2) is 0 Å². The van der Waals surface area contributed by atoms with Gasteiger partial charge < -0.3 is 15.2 Å². The summed E-state index contributed by atoms with van der Waals surface area (Å²) < 4.78 is 10.5. The van der Waals surface area contributed by atoms with Crippen molar-refractivity contribution >= 4 is 17.5 Å². The maximum absolute atomic E-state index is 12.2. The van der Waals surface area contributed by atoms with Crippen LogP contribution in [0.3, 0.4) is 0 Å². The first-order chi connectivity index (χ1) is 12.0. The SMILES string of the molecule is COc1ccc(C(C)CC(=O)NC(=O)c2ccccc2N)c(OC)c1. The highest BCUT2D eigenvalue weighted by Crippen LogP contribution is 2.32. The van der Waals surface area contributed by atoms with E-state index in [9.17, 15) is 9.59 Å². The second-order valence-corrected chi connectivity index (χ2v) is 5.68. The highest BCUT2D eigenvalue weighted by molar-refractivity contribution is 6.07. The maximum atomic E-state index is 12.2. The lowest BCUT2D eigenvalue weighted by molar-refractivity contribution is -0.120. The number of hydrogen-bond acceptors (Lipinski definition) is 5. The van der Waals surface area contributed by atoms with Gasteiger partial charge in [-0.05, 0) is 29.7 Å². The third-order valence-corrected chi connectivity index (χ3v) is 3.92. The maximum Gasteiger partial charge on any atom is 0.259 e. The fourth-order valence-electron chi connectivity index (χ4n) is 2.56. The van der Waals surface area contributed by atoms with Crippen molar-refractivity contribution in [2.75, 3.05) is 20.0 Å². The number of nitrogens with one attached hydrogen (secondary N) is 1. The summed E-state index contributed by atoms with van der Waals surface area (Å²) in [5.41, 5.74) is 7.23. The van der Waals surface area contributed by atoms with Gasteiger partial charge in [0.1, 0.15) is 11.5 Å². The molecular weight excluding hydrogens is 320 g/mol. The molecule has 6 nitrogen and oxygen atoms in total. The van der Waals surface area contributed by atoms with Crippen molar-refractivity contribution in [2.24, 2.45) is 0 Å². The van der Waals surface area contributed by atoms with E-state index < -0.39 is 5.91 Å². The van der Waals surface area contributed by atoms with Crippen LogP contribution in [0.25, 0.3) is 0 Å². The van der Waals surface area contributed by atoms with Crippen LogP contribution in [0, 0.1) is 0 Å². The zero-order valence-corrected chi connectivity index (χ0v) is 14.5. The molecule has 1 atom stereocenters. The first-order valence-electron chi connectivity index (χ1n) is 7.86. The number of carbonyl (C=O) groups excluding carboxylic acids is 2. The van der Waals surface area contributed by atoms with Crippen molar-refractivity contribution in [3.8, 4) is 11.5 Å². The third kappa shape index (κ3) is 4.50. The van der Waals surface area contributed by atoms with Crippen molar-refractivity contribution in [1.82, 2.24) is 5.32 Å². The lowest BCUT2D eigenvalue weighted by atomic mass is 9.96. The number of carbonyl (C=O) groups is 2. The van der Waals surface area contributed by atoms with Gasteiger partial charge >= 0.3 is 0 Å². The Hall–Kier alpha value is -3.02. The molecule has 0 saturated carbocycles. The molecule has 6 heteroatoms. The minimum Gasteiger partial charge on any atom is -0.497 e. The Morgan fingerprint density at radius 3 is 2.48 bits per heavy atom. The predicted molar refractivity (Wildman–Crippen MR) is 95.9 cm³/mol. The minimum atomic E-state index is -0.503. The van der Waals surface area contributed by atoms with Gasteiger partial charge in [-0.3, -0.25) is 14.9 Å². The molecule has 25 heavy (non-hydrogen) atoms. The van der Waals surface area contributed by atoms with Gasteiger partial charge in [-0.15, -0.1) is 0 Å². The molecule has 2 aromatic rings. The Kier molecular flexibility index (Phi) is 6.00.